The summed E-state index contributed by atoms with van der Waals surface area (Å²) in [4.78, 5) is 37.6. The van der Waals surface area contributed by atoms with Gasteiger partial charge in [-0.05, 0) is 37.1 Å². The van der Waals surface area contributed by atoms with Crippen molar-refractivity contribution < 1.29 is 19.1 Å². The summed E-state index contributed by atoms with van der Waals surface area (Å²) in [5.74, 6) is -0.982. The van der Waals surface area contributed by atoms with Crippen molar-refractivity contribution in [3.63, 3.8) is 0 Å². The lowest BCUT2D eigenvalue weighted by Crippen LogP contribution is -2.33. The smallest absolute Gasteiger partial charge is 0.312 e. The molecule has 2 atom stereocenters. The SMILES string of the molecule is O=C(CCN1C(=O)[C@H]2CC=CC[C@@H]2C1=O)Oc1ccc(Cl)cc1. The van der Waals surface area contributed by atoms with Crippen molar-refractivity contribution in [3.8, 4) is 5.75 Å². The zero-order valence-corrected chi connectivity index (χ0v) is 13.2. The Bertz CT molecular complexity index is 642. The van der Waals surface area contributed by atoms with Crippen molar-refractivity contribution in [2.45, 2.75) is 19.3 Å². The summed E-state index contributed by atoms with van der Waals surface area (Å²) in [6, 6.07) is 6.42. The Morgan fingerprint density at radius 3 is 2.22 bits per heavy atom. The summed E-state index contributed by atoms with van der Waals surface area (Å²) in [5.41, 5.74) is 0. The molecule has 0 bridgehead atoms. The lowest BCUT2D eigenvalue weighted by Gasteiger charge is -2.14. The van der Waals surface area contributed by atoms with Gasteiger partial charge < -0.3 is 4.74 Å². The Morgan fingerprint density at radius 1 is 1.09 bits per heavy atom. The maximum atomic E-state index is 12.3. The molecule has 6 heteroatoms. The van der Waals surface area contributed by atoms with E-state index in [2.05, 4.69) is 0 Å². The number of fused-ring (bicyclic) bond motifs is 1. The fraction of sp³-hybridized carbons (Fsp3) is 0.353. The standard InChI is InChI=1S/C17H16ClNO4/c18-11-5-7-12(8-6-11)23-15(20)9-10-19-16(21)13-3-1-2-4-14(13)17(19)22/h1-2,5-8,13-14H,3-4,9-10H2/t13-,14-/m0/s1. The molecular weight excluding hydrogens is 318 g/mol. The third kappa shape index (κ3) is 3.29. The molecule has 1 aliphatic heterocycles. The number of likely N-dealkylation sites (tertiary alicyclic amines) is 1. The highest BCUT2D eigenvalue weighted by Gasteiger charge is 2.46. The summed E-state index contributed by atoms with van der Waals surface area (Å²) < 4.78 is 5.16. The number of hydrogen-bond acceptors (Lipinski definition) is 4. The van der Waals surface area contributed by atoms with E-state index in [-0.39, 0.29) is 36.6 Å². The molecule has 0 saturated carbocycles. The number of halogens is 1. The zero-order valence-electron chi connectivity index (χ0n) is 12.4. The quantitative estimate of drug-likeness (QED) is 0.368. The Morgan fingerprint density at radius 2 is 1.65 bits per heavy atom. The minimum atomic E-state index is -0.485. The predicted octanol–water partition coefficient (Wildman–Crippen LogP) is 2.59. The van der Waals surface area contributed by atoms with E-state index in [4.69, 9.17) is 16.3 Å². The van der Waals surface area contributed by atoms with E-state index >= 15 is 0 Å². The Labute approximate surface area is 138 Å². The predicted molar refractivity (Wildman–Crippen MR) is 83.8 cm³/mol. The van der Waals surface area contributed by atoms with Crippen molar-refractivity contribution in [1.82, 2.24) is 4.90 Å². The zero-order chi connectivity index (χ0) is 16.4. The second kappa shape index (κ2) is 6.54. The number of carbonyl (C=O) groups is 3. The van der Waals surface area contributed by atoms with Gasteiger partial charge in [0.2, 0.25) is 11.8 Å². The number of benzene rings is 1. The number of carbonyl (C=O) groups excluding carboxylic acids is 3. The first kappa shape index (κ1) is 15.7. The molecule has 1 fully saturated rings. The van der Waals surface area contributed by atoms with Gasteiger partial charge in [0.05, 0.1) is 18.3 Å². The van der Waals surface area contributed by atoms with Crippen molar-refractivity contribution >= 4 is 29.4 Å². The minimum absolute atomic E-state index is 0.0209. The second-order valence-electron chi connectivity index (χ2n) is 5.66. The van der Waals surface area contributed by atoms with Crippen LogP contribution >= 0.6 is 11.6 Å². The second-order valence-corrected chi connectivity index (χ2v) is 6.10. The Hall–Kier alpha value is -2.14. The van der Waals surface area contributed by atoms with E-state index in [0.717, 1.165) is 0 Å². The first-order chi connectivity index (χ1) is 11.1. The number of hydrogen-bond donors (Lipinski definition) is 0. The molecule has 1 aromatic rings. The van der Waals surface area contributed by atoms with Crippen LogP contribution in [0.4, 0.5) is 0 Å². The lowest BCUT2D eigenvalue weighted by molar-refractivity contribution is -0.141. The van der Waals surface area contributed by atoms with Gasteiger partial charge in [-0.3, -0.25) is 19.3 Å². The molecule has 0 unspecified atom stereocenters. The first-order valence-electron chi connectivity index (χ1n) is 7.52. The van der Waals surface area contributed by atoms with Gasteiger partial charge >= 0.3 is 5.97 Å². The summed E-state index contributed by atoms with van der Waals surface area (Å²) in [6.45, 7) is 0.0666. The van der Waals surface area contributed by atoms with Crippen LogP contribution in [0.25, 0.3) is 0 Å². The maximum Gasteiger partial charge on any atom is 0.312 e. The molecule has 0 radical (unpaired) electrons. The molecule has 2 amide bonds. The number of esters is 1. The highest BCUT2D eigenvalue weighted by atomic mass is 35.5. The van der Waals surface area contributed by atoms with Gasteiger partial charge in [0.15, 0.2) is 0 Å². The number of amides is 2. The van der Waals surface area contributed by atoms with Crippen LogP contribution in [0.15, 0.2) is 36.4 Å². The number of imide groups is 1. The summed E-state index contributed by atoms with van der Waals surface area (Å²) in [5, 5.41) is 0.550. The van der Waals surface area contributed by atoms with Crippen LogP contribution in [0.2, 0.25) is 5.02 Å². The summed E-state index contributed by atoms with van der Waals surface area (Å²) in [6.07, 6.45) is 5.05. The molecule has 1 aliphatic carbocycles. The number of nitrogens with zero attached hydrogens (tertiary/aromatic N) is 1. The summed E-state index contributed by atoms with van der Waals surface area (Å²) in [7, 11) is 0. The first-order valence-corrected chi connectivity index (χ1v) is 7.90. The van der Waals surface area contributed by atoms with Crippen LogP contribution in [0.1, 0.15) is 19.3 Å². The summed E-state index contributed by atoms with van der Waals surface area (Å²) >= 11 is 5.76. The van der Waals surface area contributed by atoms with Gasteiger partial charge in [-0.1, -0.05) is 23.8 Å². The van der Waals surface area contributed by atoms with Crippen molar-refractivity contribution in [2.24, 2.45) is 11.8 Å². The lowest BCUT2D eigenvalue weighted by atomic mass is 9.85. The van der Waals surface area contributed by atoms with Gasteiger partial charge in [-0.25, -0.2) is 0 Å². The van der Waals surface area contributed by atoms with Crippen molar-refractivity contribution in [2.75, 3.05) is 6.54 Å². The average Bonchev–Trinajstić information content (AvgIpc) is 2.80. The molecule has 0 N–H and O–H groups in total. The van der Waals surface area contributed by atoms with Crippen LogP contribution in [0.3, 0.4) is 0 Å². The normalized spacial score (nSPS) is 23.1. The Balaban J connectivity index is 1.56. The van der Waals surface area contributed by atoms with E-state index in [9.17, 15) is 14.4 Å². The topological polar surface area (TPSA) is 63.7 Å². The number of allylic oxidation sites excluding steroid dienone is 2. The van der Waals surface area contributed by atoms with Gasteiger partial charge in [0, 0.05) is 11.6 Å². The van der Waals surface area contributed by atoms with Crippen LogP contribution in [-0.2, 0) is 14.4 Å². The van der Waals surface area contributed by atoms with Gasteiger partial charge in [0.25, 0.3) is 0 Å². The fourth-order valence-electron chi connectivity index (χ4n) is 2.98. The maximum absolute atomic E-state index is 12.3. The Kier molecular flexibility index (Phi) is 4.48. The third-order valence-electron chi connectivity index (χ3n) is 4.18. The molecule has 1 heterocycles. The van der Waals surface area contributed by atoms with E-state index in [1.54, 1.807) is 24.3 Å². The molecule has 1 saturated heterocycles. The van der Waals surface area contributed by atoms with Gasteiger partial charge in [0.1, 0.15) is 5.75 Å². The molecule has 0 aromatic heterocycles. The molecule has 0 spiro atoms. The highest BCUT2D eigenvalue weighted by molar-refractivity contribution is 6.30. The molecule has 5 nitrogen and oxygen atoms in total. The molecule has 23 heavy (non-hydrogen) atoms. The van der Waals surface area contributed by atoms with E-state index < -0.39 is 5.97 Å². The van der Waals surface area contributed by atoms with E-state index in [0.29, 0.717) is 23.6 Å². The number of rotatable bonds is 4. The van der Waals surface area contributed by atoms with Crippen molar-refractivity contribution in [1.29, 1.82) is 0 Å². The van der Waals surface area contributed by atoms with E-state index in [1.807, 2.05) is 12.2 Å². The van der Waals surface area contributed by atoms with Crippen LogP contribution in [0, 0.1) is 11.8 Å². The molecule has 120 valence electrons. The van der Waals surface area contributed by atoms with Gasteiger partial charge in [-0.15, -0.1) is 0 Å². The van der Waals surface area contributed by atoms with Crippen LogP contribution in [-0.4, -0.2) is 29.2 Å². The highest BCUT2D eigenvalue weighted by Crippen LogP contribution is 2.35. The fourth-order valence-corrected chi connectivity index (χ4v) is 3.10. The van der Waals surface area contributed by atoms with Crippen LogP contribution in [0.5, 0.6) is 5.75 Å². The largest absolute Gasteiger partial charge is 0.426 e. The monoisotopic (exact) mass is 333 g/mol. The van der Waals surface area contributed by atoms with Crippen LogP contribution < -0.4 is 4.74 Å². The van der Waals surface area contributed by atoms with Crippen molar-refractivity contribution in [3.05, 3.63) is 41.4 Å². The molecule has 3 rings (SSSR count). The number of ether oxygens (including phenoxy) is 1. The molecular formula is C17H16ClNO4. The molecule has 1 aromatic carbocycles. The minimum Gasteiger partial charge on any atom is -0.426 e. The van der Waals surface area contributed by atoms with E-state index in [1.165, 1.54) is 4.90 Å². The molecule has 2 aliphatic rings. The van der Waals surface area contributed by atoms with Gasteiger partial charge in [-0.2, -0.15) is 0 Å². The average molecular weight is 334 g/mol. The third-order valence-corrected chi connectivity index (χ3v) is 4.44.